The Kier molecular flexibility index (Phi) is 5.60. The van der Waals surface area contributed by atoms with Crippen molar-refractivity contribution < 1.29 is 14.1 Å². The molecule has 2 aromatic carbocycles. The van der Waals surface area contributed by atoms with Crippen LogP contribution < -0.4 is 10.1 Å². The fourth-order valence-electron chi connectivity index (χ4n) is 2.79. The first kappa shape index (κ1) is 18.7. The Bertz CT molecular complexity index is 932. The molecule has 3 aromatic rings. The summed E-state index contributed by atoms with van der Waals surface area (Å²) in [6.07, 6.45) is 0. The SMILES string of the molecule is Cc1ccc(OCc2c(C(=O)NC(C)c3ccccc3)noc2C)cc1C. The molecule has 0 saturated heterocycles. The lowest BCUT2D eigenvalue weighted by Crippen LogP contribution is -2.28. The van der Waals surface area contributed by atoms with Crippen LogP contribution in [0.25, 0.3) is 0 Å². The van der Waals surface area contributed by atoms with Gasteiger partial charge in [0.05, 0.1) is 11.6 Å². The number of nitrogens with zero attached hydrogens (tertiary/aromatic N) is 1. The Morgan fingerprint density at radius 3 is 2.56 bits per heavy atom. The zero-order chi connectivity index (χ0) is 19.4. The molecule has 1 aromatic heterocycles. The topological polar surface area (TPSA) is 64.4 Å². The van der Waals surface area contributed by atoms with Crippen LogP contribution in [0.3, 0.4) is 0 Å². The van der Waals surface area contributed by atoms with E-state index in [0.717, 1.165) is 16.9 Å². The Hall–Kier alpha value is -3.08. The smallest absolute Gasteiger partial charge is 0.274 e. The van der Waals surface area contributed by atoms with Gasteiger partial charge >= 0.3 is 0 Å². The Labute approximate surface area is 159 Å². The van der Waals surface area contributed by atoms with E-state index in [-0.39, 0.29) is 24.2 Å². The average molecular weight is 364 g/mol. The molecule has 5 nitrogen and oxygen atoms in total. The molecule has 0 aliphatic rings. The summed E-state index contributed by atoms with van der Waals surface area (Å²) in [4.78, 5) is 12.7. The number of ether oxygens (including phenoxy) is 1. The first-order valence-corrected chi connectivity index (χ1v) is 8.96. The maximum atomic E-state index is 12.7. The monoisotopic (exact) mass is 364 g/mol. The molecule has 1 N–H and O–H groups in total. The van der Waals surface area contributed by atoms with Gasteiger partial charge in [0.15, 0.2) is 5.69 Å². The Morgan fingerprint density at radius 1 is 1.11 bits per heavy atom. The van der Waals surface area contributed by atoms with Crippen molar-refractivity contribution in [1.29, 1.82) is 0 Å². The number of carbonyl (C=O) groups is 1. The van der Waals surface area contributed by atoms with Crippen LogP contribution in [0.15, 0.2) is 53.1 Å². The van der Waals surface area contributed by atoms with Crippen LogP contribution >= 0.6 is 0 Å². The molecule has 27 heavy (non-hydrogen) atoms. The molecular weight excluding hydrogens is 340 g/mol. The highest BCUT2D eigenvalue weighted by atomic mass is 16.5. The normalized spacial score (nSPS) is 11.9. The summed E-state index contributed by atoms with van der Waals surface area (Å²) in [7, 11) is 0. The third kappa shape index (κ3) is 4.37. The third-order valence-corrected chi connectivity index (χ3v) is 4.71. The molecule has 0 fully saturated rings. The fraction of sp³-hybridized carbons (Fsp3) is 0.273. The van der Waals surface area contributed by atoms with Crippen LogP contribution in [0.2, 0.25) is 0 Å². The number of nitrogens with one attached hydrogen (secondary N) is 1. The van der Waals surface area contributed by atoms with Gasteiger partial charge in [0.1, 0.15) is 18.1 Å². The number of hydrogen-bond donors (Lipinski definition) is 1. The van der Waals surface area contributed by atoms with Gasteiger partial charge in [-0.15, -0.1) is 0 Å². The van der Waals surface area contributed by atoms with Gasteiger partial charge in [0, 0.05) is 0 Å². The molecule has 0 aliphatic carbocycles. The van der Waals surface area contributed by atoms with E-state index in [1.807, 2.05) is 62.4 Å². The molecule has 140 valence electrons. The van der Waals surface area contributed by atoms with Crippen molar-refractivity contribution in [2.24, 2.45) is 0 Å². The summed E-state index contributed by atoms with van der Waals surface area (Å²) in [6, 6.07) is 15.6. The first-order valence-electron chi connectivity index (χ1n) is 8.96. The zero-order valence-electron chi connectivity index (χ0n) is 16.1. The molecule has 3 rings (SSSR count). The number of hydrogen-bond acceptors (Lipinski definition) is 4. The zero-order valence-corrected chi connectivity index (χ0v) is 16.1. The van der Waals surface area contributed by atoms with Gasteiger partial charge in [-0.25, -0.2) is 0 Å². The highest BCUT2D eigenvalue weighted by Gasteiger charge is 2.22. The molecule has 1 heterocycles. The molecule has 0 saturated carbocycles. The van der Waals surface area contributed by atoms with E-state index in [1.165, 1.54) is 5.56 Å². The maximum absolute atomic E-state index is 12.7. The first-order chi connectivity index (χ1) is 13.0. The van der Waals surface area contributed by atoms with Gasteiger partial charge in [-0.2, -0.15) is 0 Å². The van der Waals surface area contributed by atoms with Crippen molar-refractivity contribution in [2.45, 2.75) is 40.3 Å². The van der Waals surface area contributed by atoms with Gasteiger partial charge in [0.25, 0.3) is 5.91 Å². The second-order valence-electron chi connectivity index (χ2n) is 6.71. The standard InChI is InChI=1S/C22H24N2O3/c1-14-10-11-19(12-15(14)2)26-13-20-17(4)27-24-21(20)22(25)23-16(3)18-8-6-5-7-9-18/h5-12,16H,13H2,1-4H3,(H,23,25). The fourth-order valence-corrected chi connectivity index (χ4v) is 2.79. The van der Waals surface area contributed by atoms with E-state index in [2.05, 4.69) is 17.4 Å². The largest absolute Gasteiger partial charge is 0.489 e. The lowest BCUT2D eigenvalue weighted by molar-refractivity contribution is 0.0928. The Balaban J connectivity index is 1.71. The number of aryl methyl sites for hydroxylation is 3. The maximum Gasteiger partial charge on any atom is 0.274 e. The predicted molar refractivity (Wildman–Crippen MR) is 104 cm³/mol. The molecule has 5 heteroatoms. The van der Waals surface area contributed by atoms with Crippen molar-refractivity contribution in [3.05, 3.63) is 82.2 Å². The number of aromatic nitrogens is 1. The van der Waals surface area contributed by atoms with Gasteiger partial charge in [-0.3, -0.25) is 4.79 Å². The summed E-state index contributed by atoms with van der Waals surface area (Å²) in [6.45, 7) is 8.03. The second kappa shape index (κ2) is 8.08. The lowest BCUT2D eigenvalue weighted by atomic mass is 10.1. The van der Waals surface area contributed by atoms with Crippen molar-refractivity contribution in [2.75, 3.05) is 0 Å². The minimum Gasteiger partial charge on any atom is -0.489 e. The molecule has 0 radical (unpaired) electrons. The van der Waals surface area contributed by atoms with Crippen LogP contribution in [-0.2, 0) is 6.61 Å². The van der Waals surface area contributed by atoms with Crippen LogP contribution in [0.1, 0.15) is 51.5 Å². The molecule has 0 spiro atoms. The van der Waals surface area contributed by atoms with Gasteiger partial charge in [0.2, 0.25) is 0 Å². The van der Waals surface area contributed by atoms with Crippen molar-refractivity contribution in [3.8, 4) is 5.75 Å². The Morgan fingerprint density at radius 2 is 1.85 bits per heavy atom. The highest BCUT2D eigenvalue weighted by molar-refractivity contribution is 5.94. The molecule has 1 atom stereocenters. The van der Waals surface area contributed by atoms with E-state index in [4.69, 9.17) is 9.26 Å². The summed E-state index contributed by atoms with van der Waals surface area (Å²) < 4.78 is 11.1. The highest BCUT2D eigenvalue weighted by Crippen LogP contribution is 2.21. The summed E-state index contributed by atoms with van der Waals surface area (Å²) in [5.74, 6) is 1.06. The molecule has 1 unspecified atom stereocenters. The van der Waals surface area contributed by atoms with Crippen LogP contribution in [-0.4, -0.2) is 11.1 Å². The van der Waals surface area contributed by atoms with Crippen molar-refractivity contribution in [1.82, 2.24) is 10.5 Å². The molecular formula is C22H24N2O3. The van der Waals surface area contributed by atoms with Crippen LogP contribution in [0.5, 0.6) is 5.75 Å². The second-order valence-corrected chi connectivity index (χ2v) is 6.71. The molecule has 0 aliphatic heterocycles. The number of amides is 1. The third-order valence-electron chi connectivity index (χ3n) is 4.71. The lowest BCUT2D eigenvalue weighted by Gasteiger charge is -2.14. The van der Waals surface area contributed by atoms with E-state index in [1.54, 1.807) is 6.92 Å². The molecule has 1 amide bonds. The van der Waals surface area contributed by atoms with E-state index >= 15 is 0 Å². The number of benzene rings is 2. The molecule has 0 bridgehead atoms. The van der Waals surface area contributed by atoms with Gasteiger partial charge in [-0.05, 0) is 56.5 Å². The van der Waals surface area contributed by atoms with Crippen molar-refractivity contribution >= 4 is 5.91 Å². The van der Waals surface area contributed by atoms with E-state index in [0.29, 0.717) is 11.3 Å². The minimum atomic E-state index is -0.276. The summed E-state index contributed by atoms with van der Waals surface area (Å²) in [5.41, 5.74) is 4.31. The van der Waals surface area contributed by atoms with Crippen LogP contribution in [0, 0.1) is 20.8 Å². The summed E-state index contributed by atoms with van der Waals surface area (Å²) >= 11 is 0. The average Bonchev–Trinajstić information content (AvgIpc) is 3.04. The predicted octanol–water partition coefficient (Wildman–Crippen LogP) is 4.67. The number of rotatable bonds is 6. The quantitative estimate of drug-likeness (QED) is 0.690. The minimum absolute atomic E-state index is 0.135. The van der Waals surface area contributed by atoms with Crippen LogP contribution in [0.4, 0.5) is 0 Å². The van der Waals surface area contributed by atoms with E-state index in [9.17, 15) is 4.79 Å². The number of carbonyl (C=O) groups excluding carboxylic acids is 1. The van der Waals surface area contributed by atoms with Gasteiger partial charge < -0.3 is 14.6 Å². The summed E-state index contributed by atoms with van der Waals surface area (Å²) in [5, 5.41) is 6.90. The van der Waals surface area contributed by atoms with Crippen molar-refractivity contribution in [3.63, 3.8) is 0 Å². The van der Waals surface area contributed by atoms with E-state index < -0.39 is 0 Å². The van der Waals surface area contributed by atoms with Gasteiger partial charge in [-0.1, -0.05) is 41.6 Å².